The number of amides is 1. The first kappa shape index (κ1) is 13.8. The van der Waals surface area contributed by atoms with E-state index in [0.29, 0.717) is 11.8 Å². The Morgan fingerprint density at radius 3 is 2.75 bits per heavy atom. The number of nitrogens with one attached hydrogen (secondary N) is 3. The molecule has 2 unspecified atom stereocenters. The van der Waals surface area contributed by atoms with Gasteiger partial charge < -0.3 is 5.32 Å². The van der Waals surface area contributed by atoms with Crippen LogP contribution in [0.3, 0.4) is 0 Å². The minimum absolute atomic E-state index is 0.00884. The molecule has 0 radical (unpaired) electrons. The summed E-state index contributed by atoms with van der Waals surface area (Å²) >= 11 is 1.39. The lowest BCUT2D eigenvalue weighted by Gasteiger charge is -2.19. The van der Waals surface area contributed by atoms with Gasteiger partial charge in [0.1, 0.15) is 0 Å². The number of hydrogen-bond donors (Lipinski definition) is 3. The molecule has 3 rings (SSSR count). The van der Waals surface area contributed by atoms with Crippen molar-refractivity contribution in [1.29, 1.82) is 0 Å². The molecule has 0 aromatic carbocycles. The molecule has 8 nitrogen and oxygen atoms in total. The minimum atomic E-state index is 0.00884. The molecule has 2 heterocycles. The Bertz CT molecular complexity index is 479. The summed E-state index contributed by atoms with van der Waals surface area (Å²) in [4.78, 5) is 12.0. The molecular weight excluding hydrogens is 278 g/mol. The van der Waals surface area contributed by atoms with Gasteiger partial charge in [-0.3, -0.25) is 15.6 Å². The zero-order valence-corrected chi connectivity index (χ0v) is 12.4. The Morgan fingerprint density at radius 2 is 2.10 bits per heavy atom. The van der Waals surface area contributed by atoms with Gasteiger partial charge >= 0.3 is 0 Å². The van der Waals surface area contributed by atoms with Crippen LogP contribution in [0.15, 0.2) is 5.16 Å². The van der Waals surface area contributed by atoms with Crippen LogP contribution in [0.2, 0.25) is 0 Å². The highest BCUT2D eigenvalue weighted by atomic mass is 32.2. The fraction of sp³-hybridized carbons (Fsp3) is 0.818. The first-order valence-electron chi connectivity index (χ1n) is 6.86. The molecule has 1 aliphatic heterocycles. The normalized spacial score (nSPS) is 29.6. The fourth-order valence-electron chi connectivity index (χ4n) is 2.31. The molecule has 2 atom stereocenters. The molecule has 20 heavy (non-hydrogen) atoms. The molecule has 0 spiro atoms. The lowest BCUT2D eigenvalue weighted by molar-refractivity contribution is -0.119. The highest BCUT2D eigenvalue weighted by Gasteiger charge is 2.31. The van der Waals surface area contributed by atoms with Crippen molar-refractivity contribution in [2.24, 2.45) is 0 Å². The summed E-state index contributed by atoms with van der Waals surface area (Å²) in [5.41, 5.74) is 6.24. The fourth-order valence-corrected chi connectivity index (χ4v) is 3.07. The number of thioether (sulfide) groups is 1. The smallest absolute Gasteiger partial charge is 0.230 e. The van der Waals surface area contributed by atoms with Gasteiger partial charge in [0.15, 0.2) is 0 Å². The second kappa shape index (κ2) is 5.66. The molecule has 1 amide bonds. The predicted octanol–water partition coefficient (Wildman–Crippen LogP) is -0.530. The van der Waals surface area contributed by atoms with E-state index in [-0.39, 0.29) is 24.0 Å². The van der Waals surface area contributed by atoms with Crippen molar-refractivity contribution in [3.63, 3.8) is 0 Å². The molecule has 110 valence electrons. The number of aromatic nitrogens is 4. The van der Waals surface area contributed by atoms with Crippen molar-refractivity contribution < 1.29 is 4.79 Å². The number of rotatable bonds is 5. The third-order valence-electron chi connectivity index (χ3n) is 3.63. The summed E-state index contributed by atoms with van der Waals surface area (Å²) in [7, 11) is 0. The van der Waals surface area contributed by atoms with E-state index in [1.807, 2.05) is 18.5 Å². The summed E-state index contributed by atoms with van der Waals surface area (Å²) in [5.74, 6) is 0.345. The van der Waals surface area contributed by atoms with E-state index in [2.05, 4.69) is 31.7 Å². The van der Waals surface area contributed by atoms with Gasteiger partial charge in [0.2, 0.25) is 11.1 Å². The van der Waals surface area contributed by atoms with E-state index in [4.69, 9.17) is 0 Å². The van der Waals surface area contributed by atoms with Crippen LogP contribution in [-0.4, -0.2) is 50.0 Å². The molecule has 2 aliphatic rings. The molecule has 1 aromatic heterocycles. The Hall–Kier alpha value is -1.19. The molecule has 1 aromatic rings. The van der Waals surface area contributed by atoms with Gasteiger partial charge in [0.05, 0.1) is 17.8 Å². The van der Waals surface area contributed by atoms with E-state index in [1.165, 1.54) is 11.8 Å². The van der Waals surface area contributed by atoms with Gasteiger partial charge in [-0.15, -0.1) is 5.10 Å². The average Bonchev–Trinajstić information content (AvgIpc) is 3.10. The average molecular weight is 297 g/mol. The van der Waals surface area contributed by atoms with E-state index >= 15 is 0 Å². The Morgan fingerprint density at radius 1 is 1.40 bits per heavy atom. The van der Waals surface area contributed by atoms with Crippen LogP contribution in [0.25, 0.3) is 0 Å². The van der Waals surface area contributed by atoms with Gasteiger partial charge in [-0.25, -0.2) is 4.68 Å². The first-order valence-corrected chi connectivity index (χ1v) is 7.85. The standard InChI is InChI=1S/C11H19N7OS/c1-6-10(7(2)14-13-6)12-9(19)5-20-11-15-16-17-18(11)8-3-4-8/h6-8,10,13-14H,3-5H2,1-2H3,(H,12,19). The number of carbonyl (C=O) groups is 1. The van der Waals surface area contributed by atoms with Crippen LogP contribution in [-0.2, 0) is 4.79 Å². The number of hydrazine groups is 1. The molecule has 1 saturated heterocycles. The first-order chi connectivity index (χ1) is 9.65. The zero-order chi connectivity index (χ0) is 14.1. The summed E-state index contributed by atoms with van der Waals surface area (Å²) in [6, 6.07) is 0.966. The van der Waals surface area contributed by atoms with Gasteiger partial charge in [-0.05, 0) is 37.1 Å². The van der Waals surface area contributed by atoms with Crippen molar-refractivity contribution >= 4 is 17.7 Å². The highest BCUT2D eigenvalue weighted by Crippen LogP contribution is 2.36. The zero-order valence-electron chi connectivity index (χ0n) is 11.5. The van der Waals surface area contributed by atoms with Crippen molar-refractivity contribution in [3.05, 3.63) is 0 Å². The van der Waals surface area contributed by atoms with E-state index in [0.717, 1.165) is 18.0 Å². The number of nitrogens with zero attached hydrogens (tertiary/aromatic N) is 4. The minimum Gasteiger partial charge on any atom is -0.349 e. The van der Waals surface area contributed by atoms with Crippen molar-refractivity contribution in [2.75, 3.05) is 5.75 Å². The van der Waals surface area contributed by atoms with Crippen molar-refractivity contribution in [1.82, 2.24) is 36.4 Å². The number of carbonyl (C=O) groups excluding carboxylic acids is 1. The number of tetrazole rings is 1. The highest BCUT2D eigenvalue weighted by molar-refractivity contribution is 7.99. The molecule has 1 aliphatic carbocycles. The Balaban J connectivity index is 1.50. The van der Waals surface area contributed by atoms with Crippen molar-refractivity contribution in [3.8, 4) is 0 Å². The summed E-state index contributed by atoms with van der Waals surface area (Å²) in [5, 5.41) is 15.4. The maximum Gasteiger partial charge on any atom is 0.230 e. The van der Waals surface area contributed by atoms with Crippen LogP contribution >= 0.6 is 11.8 Å². The van der Waals surface area contributed by atoms with Gasteiger partial charge in [-0.2, -0.15) is 0 Å². The molecular formula is C11H19N7OS. The van der Waals surface area contributed by atoms with Crippen LogP contribution in [0, 0.1) is 0 Å². The maximum absolute atomic E-state index is 12.0. The number of hydrogen-bond acceptors (Lipinski definition) is 7. The van der Waals surface area contributed by atoms with Crippen molar-refractivity contribution in [2.45, 2.75) is 56.0 Å². The quantitative estimate of drug-likeness (QED) is 0.629. The van der Waals surface area contributed by atoms with Crippen LogP contribution < -0.4 is 16.2 Å². The van der Waals surface area contributed by atoms with Gasteiger partial charge in [0, 0.05) is 12.1 Å². The van der Waals surface area contributed by atoms with Crippen LogP contribution in [0.4, 0.5) is 0 Å². The summed E-state index contributed by atoms with van der Waals surface area (Å²) in [6.45, 7) is 4.09. The summed E-state index contributed by atoms with van der Waals surface area (Å²) < 4.78 is 1.82. The van der Waals surface area contributed by atoms with Gasteiger partial charge in [0.25, 0.3) is 0 Å². The maximum atomic E-state index is 12.0. The second-order valence-electron chi connectivity index (χ2n) is 5.39. The molecule has 0 bridgehead atoms. The van der Waals surface area contributed by atoms with Crippen LogP contribution in [0.5, 0.6) is 0 Å². The molecule has 9 heteroatoms. The van der Waals surface area contributed by atoms with Gasteiger partial charge in [-0.1, -0.05) is 11.8 Å². The monoisotopic (exact) mass is 297 g/mol. The van der Waals surface area contributed by atoms with E-state index < -0.39 is 0 Å². The Kier molecular flexibility index (Phi) is 3.90. The van der Waals surface area contributed by atoms with E-state index in [1.54, 1.807) is 0 Å². The van der Waals surface area contributed by atoms with Crippen LogP contribution in [0.1, 0.15) is 32.7 Å². The molecule has 2 fully saturated rings. The third kappa shape index (κ3) is 2.94. The van der Waals surface area contributed by atoms with E-state index in [9.17, 15) is 4.79 Å². The lowest BCUT2D eigenvalue weighted by atomic mass is 10.1. The summed E-state index contributed by atoms with van der Waals surface area (Å²) in [6.07, 6.45) is 2.25. The lowest BCUT2D eigenvalue weighted by Crippen LogP contribution is -2.47. The Labute approximate surface area is 121 Å². The molecule has 3 N–H and O–H groups in total. The molecule has 1 saturated carbocycles. The second-order valence-corrected chi connectivity index (χ2v) is 6.33. The SMILES string of the molecule is CC1NNC(C)C1NC(=O)CSc1nnnn1C1CC1. The largest absolute Gasteiger partial charge is 0.349 e. The topological polar surface area (TPSA) is 96.8 Å². The predicted molar refractivity (Wildman–Crippen MR) is 73.9 cm³/mol. The third-order valence-corrected chi connectivity index (χ3v) is 4.56.